The number of carboxylic acid groups (broad SMARTS) is 1. The van der Waals surface area contributed by atoms with Crippen molar-refractivity contribution in [3.63, 3.8) is 0 Å². The van der Waals surface area contributed by atoms with E-state index in [2.05, 4.69) is 10.6 Å². The summed E-state index contributed by atoms with van der Waals surface area (Å²) < 4.78 is 82.2. The summed E-state index contributed by atoms with van der Waals surface area (Å²) in [5.74, 6) is 0.805. The Bertz CT molecular complexity index is 1990. The highest BCUT2D eigenvalue weighted by Crippen LogP contribution is 2.27. The van der Waals surface area contributed by atoms with Gasteiger partial charge in [-0.3, -0.25) is 9.59 Å². The third-order valence-corrected chi connectivity index (χ3v) is 13.2. The first-order chi connectivity index (χ1) is 38.8. The number of aromatic carboxylic acids is 1. The third-order valence-electron chi connectivity index (χ3n) is 13.2. The summed E-state index contributed by atoms with van der Waals surface area (Å²) in [5, 5.41) is 15.7. The summed E-state index contributed by atoms with van der Waals surface area (Å²) in [6.45, 7) is 7.28. The number of benzene rings is 3. The first-order valence-electron chi connectivity index (χ1n) is 28.8. The molecule has 0 bridgehead atoms. The number of nitrogens with one attached hydrogen (secondary N) is 2. The molecule has 0 radical (unpaired) electrons. The van der Waals surface area contributed by atoms with E-state index >= 15 is 0 Å². The number of hydrogen-bond acceptors (Lipinski definition) is 17. The molecule has 4 aliphatic rings. The van der Waals surface area contributed by atoms with Crippen LogP contribution >= 0.6 is 0 Å². The second-order valence-corrected chi connectivity index (χ2v) is 19.8. The molecule has 4 fully saturated rings. The fraction of sp³-hybridized carbons (Fsp3) is 0.644. The molecule has 4 saturated heterocycles. The van der Waals surface area contributed by atoms with E-state index in [1.807, 2.05) is 0 Å². The summed E-state index contributed by atoms with van der Waals surface area (Å²) in [5.41, 5.74) is 0.734. The van der Waals surface area contributed by atoms with Gasteiger partial charge in [-0.15, -0.1) is 0 Å². The molecule has 438 valence electrons. The summed E-state index contributed by atoms with van der Waals surface area (Å²) in [6.07, 6.45) is 14.9. The Hall–Kier alpha value is -5.45. The summed E-state index contributed by atoms with van der Waals surface area (Å²) in [6, 6.07) is 14.7. The van der Waals surface area contributed by atoms with E-state index < -0.39 is 5.97 Å². The summed E-state index contributed by atoms with van der Waals surface area (Å²) >= 11 is 0. The SMILES string of the molecule is O=C(O)c1cc(OCCCNC(=O)c2cc(OCCCOC3CCCCO3)cc(OCCCOC3CCCCO3)c2)cc(OCCCNC(=O)c2cc(OCCCOC3CCCCO3)cc(OCCCOC3CCCCO3)c2)c1. The zero-order chi connectivity index (χ0) is 55.0. The minimum Gasteiger partial charge on any atom is -0.493 e. The van der Waals surface area contributed by atoms with E-state index in [1.165, 1.54) is 12.1 Å². The van der Waals surface area contributed by atoms with Crippen LogP contribution in [-0.2, 0) is 37.9 Å². The molecule has 20 heteroatoms. The Morgan fingerprint density at radius 2 is 0.633 bits per heavy atom. The Balaban J connectivity index is 0.834. The van der Waals surface area contributed by atoms with Crippen LogP contribution in [0.15, 0.2) is 54.6 Å². The normalized spacial score (nSPS) is 19.4. The lowest BCUT2D eigenvalue weighted by atomic mass is 10.2. The first kappa shape index (κ1) is 61.2. The maximum absolute atomic E-state index is 13.5. The highest BCUT2D eigenvalue weighted by Gasteiger charge is 2.19. The predicted octanol–water partition coefficient (Wildman–Crippen LogP) is 9.03. The van der Waals surface area contributed by atoms with Gasteiger partial charge in [0, 0.05) is 94.5 Å². The van der Waals surface area contributed by atoms with E-state index in [9.17, 15) is 19.5 Å². The maximum Gasteiger partial charge on any atom is 0.335 e. The van der Waals surface area contributed by atoms with Gasteiger partial charge in [-0.05, 0) is 126 Å². The van der Waals surface area contributed by atoms with Gasteiger partial charge in [0.15, 0.2) is 25.2 Å². The van der Waals surface area contributed by atoms with Crippen LogP contribution in [0.5, 0.6) is 34.5 Å². The Kier molecular flexibility index (Phi) is 27.9. The van der Waals surface area contributed by atoms with Gasteiger partial charge in [0.25, 0.3) is 11.8 Å². The highest BCUT2D eigenvalue weighted by molar-refractivity contribution is 5.95. The summed E-state index contributed by atoms with van der Waals surface area (Å²) in [4.78, 5) is 39.0. The minimum absolute atomic E-state index is 0.0117. The molecule has 0 spiro atoms. The van der Waals surface area contributed by atoms with Crippen molar-refractivity contribution in [1.82, 2.24) is 10.6 Å². The van der Waals surface area contributed by atoms with Crippen LogP contribution < -0.4 is 39.1 Å². The molecule has 3 aromatic carbocycles. The van der Waals surface area contributed by atoms with Gasteiger partial charge in [-0.2, -0.15) is 0 Å². The monoisotopic (exact) mass is 1110 g/mol. The molecule has 79 heavy (non-hydrogen) atoms. The van der Waals surface area contributed by atoms with Crippen LogP contribution in [-0.4, -0.2) is 154 Å². The predicted molar refractivity (Wildman–Crippen MR) is 290 cm³/mol. The van der Waals surface area contributed by atoms with Crippen molar-refractivity contribution in [2.75, 3.05) is 106 Å². The molecular formula is C59H84N2O18. The van der Waals surface area contributed by atoms with Crippen molar-refractivity contribution in [2.24, 2.45) is 0 Å². The smallest absolute Gasteiger partial charge is 0.335 e. The van der Waals surface area contributed by atoms with Gasteiger partial charge in [0.2, 0.25) is 0 Å². The van der Waals surface area contributed by atoms with E-state index in [1.54, 1.807) is 42.5 Å². The third kappa shape index (κ3) is 24.0. The molecule has 2 amide bonds. The molecule has 0 aliphatic carbocycles. The van der Waals surface area contributed by atoms with Crippen LogP contribution in [0.1, 0.15) is 147 Å². The fourth-order valence-electron chi connectivity index (χ4n) is 8.96. The molecule has 4 heterocycles. The quantitative estimate of drug-likeness (QED) is 0.0458. The van der Waals surface area contributed by atoms with Crippen LogP contribution in [0.2, 0.25) is 0 Å². The Morgan fingerprint density at radius 1 is 0.367 bits per heavy atom. The van der Waals surface area contributed by atoms with Crippen molar-refractivity contribution < 1.29 is 85.8 Å². The molecule has 3 N–H and O–H groups in total. The average molecular weight is 1110 g/mol. The lowest BCUT2D eigenvalue weighted by molar-refractivity contribution is -0.163. The molecule has 4 unspecified atom stereocenters. The number of ether oxygens (including phenoxy) is 14. The molecule has 0 saturated carbocycles. The average Bonchev–Trinajstić information content (AvgIpc) is 3.48. The van der Waals surface area contributed by atoms with E-state index in [0.29, 0.717) is 163 Å². The molecule has 20 nitrogen and oxygen atoms in total. The molecule has 7 rings (SSSR count). The molecular weight excluding hydrogens is 1020 g/mol. The van der Waals surface area contributed by atoms with E-state index in [-0.39, 0.29) is 68.8 Å². The van der Waals surface area contributed by atoms with Crippen molar-refractivity contribution >= 4 is 17.8 Å². The number of carbonyl (C=O) groups is 3. The number of carbonyl (C=O) groups excluding carboxylic acids is 2. The molecule has 4 atom stereocenters. The van der Waals surface area contributed by atoms with Gasteiger partial charge in [0.05, 0.1) is 71.6 Å². The minimum atomic E-state index is -1.14. The van der Waals surface area contributed by atoms with E-state index in [4.69, 9.17) is 66.3 Å². The molecule has 4 aliphatic heterocycles. The Morgan fingerprint density at radius 3 is 0.886 bits per heavy atom. The highest BCUT2D eigenvalue weighted by atomic mass is 16.7. The standard InChI is InChI=1S/C59H84N2O18/c62-57(44-35-47(68-27-11-31-76-53-15-1-5-21-72-53)41-48(36-44)69-28-12-32-77-54-16-2-6-22-73-54)60-19-9-25-66-51-39-46(59(64)65)40-52(43-51)67-26-10-20-61-58(63)45-37-49(70-29-13-33-78-55-17-3-7-23-74-55)42-50(38-45)71-30-14-34-79-56-18-4-8-24-75-56/h35-43,53-56H,1-34H2,(H,60,62)(H,61,63)(H,64,65). The zero-order valence-corrected chi connectivity index (χ0v) is 45.9. The largest absolute Gasteiger partial charge is 0.493 e. The van der Waals surface area contributed by atoms with Gasteiger partial charge in [-0.25, -0.2) is 4.79 Å². The number of hydrogen-bond donors (Lipinski definition) is 3. The lowest BCUT2D eigenvalue weighted by Crippen LogP contribution is -2.26. The van der Waals surface area contributed by atoms with Crippen molar-refractivity contribution in [3.8, 4) is 34.5 Å². The topological polar surface area (TPSA) is 225 Å². The van der Waals surface area contributed by atoms with Crippen LogP contribution in [0.3, 0.4) is 0 Å². The van der Waals surface area contributed by atoms with Crippen LogP contribution in [0.25, 0.3) is 0 Å². The second kappa shape index (κ2) is 36.0. The number of carboxylic acids is 1. The maximum atomic E-state index is 13.5. The van der Waals surface area contributed by atoms with Gasteiger partial charge in [0.1, 0.15) is 34.5 Å². The number of rotatable bonds is 37. The van der Waals surface area contributed by atoms with Crippen molar-refractivity contribution in [1.29, 1.82) is 0 Å². The molecule has 3 aromatic rings. The second-order valence-electron chi connectivity index (χ2n) is 19.8. The summed E-state index contributed by atoms with van der Waals surface area (Å²) in [7, 11) is 0. The van der Waals surface area contributed by atoms with Gasteiger partial charge in [-0.1, -0.05) is 0 Å². The first-order valence-corrected chi connectivity index (χ1v) is 28.8. The lowest BCUT2D eigenvalue weighted by Gasteiger charge is -2.22. The van der Waals surface area contributed by atoms with Crippen LogP contribution in [0, 0.1) is 0 Å². The zero-order valence-electron chi connectivity index (χ0n) is 45.9. The van der Waals surface area contributed by atoms with Crippen molar-refractivity contribution in [2.45, 2.75) is 141 Å². The van der Waals surface area contributed by atoms with Crippen LogP contribution in [0.4, 0.5) is 0 Å². The molecule has 0 aromatic heterocycles. The fourth-order valence-corrected chi connectivity index (χ4v) is 8.96. The number of amides is 2. The van der Waals surface area contributed by atoms with Gasteiger partial charge >= 0.3 is 5.97 Å². The van der Waals surface area contributed by atoms with Crippen molar-refractivity contribution in [3.05, 3.63) is 71.3 Å². The van der Waals surface area contributed by atoms with E-state index in [0.717, 1.165) is 77.0 Å². The van der Waals surface area contributed by atoms with Gasteiger partial charge < -0.3 is 82.1 Å². The Labute approximate surface area is 464 Å².